The van der Waals surface area contributed by atoms with Crippen LogP contribution >= 0.6 is 11.3 Å². The molecule has 80 valence electrons. The lowest BCUT2D eigenvalue weighted by molar-refractivity contribution is 0.499. The van der Waals surface area contributed by atoms with E-state index in [1.807, 2.05) is 11.3 Å². The summed E-state index contributed by atoms with van der Waals surface area (Å²) >= 11 is 1.87. The summed E-state index contributed by atoms with van der Waals surface area (Å²) in [7, 11) is 0. The Morgan fingerprint density at radius 1 is 1.50 bits per heavy atom. The number of aryl methyl sites for hydroxylation is 1. The van der Waals surface area contributed by atoms with Gasteiger partial charge in [0.05, 0.1) is 0 Å². The molecule has 0 aromatic carbocycles. The van der Waals surface area contributed by atoms with Crippen LogP contribution in [0.15, 0.2) is 17.5 Å². The van der Waals surface area contributed by atoms with Gasteiger partial charge in [-0.3, -0.25) is 0 Å². The van der Waals surface area contributed by atoms with Crippen molar-refractivity contribution in [1.29, 1.82) is 0 Å². The van der Waals surface area contributed by atoms with Crippen molar-refractivity contribution in [2.45, 2.75) is 45.6 Å². The molecule has 0 radical (unpaired) electrons. The fourth-order valence-corrected chi connectivity index (χ4v) is 2.28. The molecule has 1 nitrogen and oxygen atoms in total. The first kappa shape index (κ1) is 11.7. The van der Waals surface area contributed by atoms with Crippen molar-refractivity contribution < 1.29 is 0 Å². The van der Waals surface area contributed by atoms with Crippen LogP contribution in [0.5, 0.6) is 0 Å². The molecule has 1 N–H and O–H groups in total. The Morgan fingerprint density at radius 2 is 2.36 bits per heavy atom. The second kappa shape index (κ2) is 7.02. The molecular formula is C12H21NS. The van der Waals surface area contributed by atoms with Crippen LogP contribution in [0.25, 0.3) is 0 Å². The normalized spacial score (nSPS) is 13.0. The molecule has 1 heterocycles. The maximum absolute atomic E-state index is 3.52. The van der Waals surface area contributed by atoms with E-state index in [4.69, 9.17) is 0 Å². The first-order chi connectivity index (χ1) is 6.83. The van der Waals surface area contributed by atoms with Crippen LogP contribution in [0.2, 0.25) is 0 Å². The van der Waals surface area contributed by atoms with Crippen molar-refractivity contribution in [2.24, 2.45) is 0 Å². The zero-order chi connectivity index (χ0) is 10.2. The fraction of sp³-hybridized carbons (Fsp3) is 0.667. The largest absolute Gasteiger partial charge is 0.314 e. The summed E-state index contributed by atoms with van der Waals surface area (Å²) in [5.74, 6) is 0. The van der Waals surface area contributed by atoms with Gasteiger partial charge < -0.3 is 5.32 Å². The van der Waals surface area contributed by atoms with Gasteiger partial charge in [-0.2, -0.15) is 0 Å². The molecule has 1 rings (SSSR count). The van der Waals surface area contributed by atoms with Crippen molar-refractivity contribution in [3.05, 3.63) is 22.4 Å². The summed E-state index contributed by atoms with van der Waals surface area (Å²) in [6.07, 6.45) is 5.07. The van der Waals surface area contributed by atoms with Gasteiger partial charge in [0.1, 0.15) is 0 Å². The summed E-state index contributed by atoms with van der Waals surface area (Å²) in [5, 5.41) is 5.68. The van der Waals surface area contributed by atoms with Gasteiger partial charge >= 0.3 is 0 Å². The maximum Gasteiger partial charge on any atom is 0.00452 e. The van der Waals surface area contributed by atoms with Gasteiger partial charge in [-0.1, -0.05) is 13.0 Å². The summed E-state index contributed by atoms with van der Waals surface area (Å²) in [4.78, 5) is 1.52. The van der Waals surface area contributed by atoms with Gasteiger partial charge in [-0.25, -0.2) is 0 Å². The van der Waals surface area contributed by atoms with Crippen molar-refractivity contribution >= 4 is 11.3 Å². The minimum absolute atomic E-state index is 0.676. The van der Waals surface area contributed by atoms with Gasteiger partial charge in [0.25, 0.3) is 0 Å². The molecule has 1 atom stereocenters. The quantitative estimate of drug-likeness (QED) is 0.728. The van der Waals surface area contributed by atoms with E-state index in [2.05, 4.69) is 36.7 Å². The summed E-state index contributed by atoms with van der Waals surface area (Å²) in [5.41, 5.74) is 0. The zero-order valence-corrected chi connectivity index (χ0v) is 10.1. The SMILES string of the molecule is CCCNC(C)CCCc1cccs1. The summed E-state index contributed by atoms with van der Waals surface area (Å²) < 4.78 is 0. The highest BCUT2D eigenvalue weighted by Gasteiger charge is 2.00. The monoisotopic (exact) mass is 211 g/mol. The summed E-state index contributed by atoms with van der Waals surface area (Å²) in [6.45, 7) is 5.65. The molecule has 0 aliphatic carbocycles. The van der Waals surface area contributed by atoms with Crippen LogP contribution in [0, 0.1) is 0 Å². The van der Waals surface area contributed by atoms with Crippen molar-refractivity contribution in [3.63, 3.8) is 0 Å². The third-order valence-corrected chi connectivity index (χ3v) is 3.32. The van der Waals surface area contributed by atoms with E-state index in [1.165, 1.54) is 30.6 Å². The van der Waals surface area contributed by atoms with E-state index >= 15 is 0 Å². The number of hydrogen-bond acceptors (Lipinski definition) is 2. The van der Waals surface area contributed by atoms with Crippen LogP contribution in [-0.4, -0.2) is 12.6 Å². The molecule has 0 aliphatic rings. The van der Waals surface area contributed by atoms with E-state index in [0.717, 1.165) is 6.54 Å². The topological polar surface area (TPSA) is 12.0 Å². The highest BCUT2D eigenvalue weighted by molar-refractivity contribution is 7.09. The van der Waals surface area contributed by atoms with Crippen LogP contribution in [0.1, 0.15) is 38.0 Å². The first-order valence-electron chi connectivity index (χ1n) is 5.58. The zero-order valence-electron chi connectivity index (χ0n) is 9.25. The highest BCUT2D eigenvalue weighted by Crippen LogP contribution is 2.12. The molecule has 0 bridgehead atoms. The van der Waals surface area contributed by atoms with Gasteiger partial charge in [-0.05, 0) is 50.6 Å². The molecule has 0 aliphatic heterocycles. The van der Waals surface area contributed by atoms with E-state index in [9.17, 15) is 0 Å². The Bertz CT molecular complexity index is 218. The Kier molecular flexibility index (Phi) is 5.88. The van der Waals surface area contributed by atoms with Crippen molar-refractivity contribution in [3.8, 4) is 0 Å². The molecule has 0 spiro atoms. The lowest BCUT2D eigenvalue weighted by Crippen LogP contribution is -2.26. The lowest BCUT2D eigenvalue weighted by Gasteiger charge is -2.12. The molecular weight excluding hydrogens is 190 g/mol. The Balaban J connectivity index is 2.03. The van der Waals surface area contributed by atoms with Gasteiger partial charge in [0, 0.05) is 10.9 Å². The van der Waals surface area contributed by atoms with Crippen molar-refractivity contribution in [2.75, 3.05) is 6.54 Å². The van der Waals surface area contributed by atoms with Crippen LogP contribution in [-0.2, 0) is 6.42 Å². The predicted molar refractivity (Wildman–Crippen MR) is 65.0 cm³/mol. The highest BCUT2D eigenvalue weighted by atomic mass is 32.1. The minimum atomic E-state index is 0.676. The fourth-order valence-electron chi connectivity index (χ4n) is 1.53. The van der Waals surface area contributed by atoms with Gasteiger partial charge in [0.15, 0.2) is 0 Å². The molecule has 0 fully saturated rings. The standard InChI is InChI=1S/C12H21NS/c1-3-9-13-11(2)6-4-7-12-8-5-10-14-12/h5,8,10-11,13H,3-4,6-7,9H2,1-2H3. The van der Waals surface area contributed by atoms with Gasteiger partial charge in [0.2, 0.25) is 0 Å². The molecule has 0 saturated heterocycles. The molecule has 14 heavy (non-hydrogen) atoms. The second-order valence-corrected chi connectivity index (χ2v) is 4.86. The van der Waals surface area contributed by atoms with Crippen molar-refractivity contribution in [1.82, 2.24) is 5.32 Å². The average molecular weight is 211 g/mol. The Labute approximate surface area is 91.5 Å². The second-order valence-electron chi connectivity index (χ2n) is 3.83. The van der Waals surface area contributed by atoms with E-state index in [0.29, 0.717) is 6.04 Å². The van der Waals surface area contributed by atoms with Gasteiger partial charge in [-0.15, -0.1) is 11.3 Å². The minimum Gasteiger partial charge on any atom is -0.314 e. The molecule has 2 heteroatoms. The van der Waals surface area contributed by atoms with Crippen LogP contribution in [0.4, 0.5) is 0 Å². The van der Waals surface area contributed by atoms with Crippen LogP contribution in [0.3, 0.4) is 0 Å². The Hall–Kier alpha value is -0.340. The molecule has 1 aromatic heterocycles. The van der Waals surface area contributed by atoms with E-state index in [-0.39, 0.29) is 0 Å². The molecule has 0 amide bonds. The van der Waals surface area contributed by atoms with Crippen LogP contribution < -0.4 is 5.32 Å². The smallest absolute Gasteiger partial charge is 0.00452 e. The lowest BCUT2D eigenvalue weighted by atomic mass is 10.1. The molecule has 1 unspecified atom stereocenters. The number of nitrogens with one attached hydrogen (secondary N) is 1. The average Bonchev–Trinajstić information content (AvgIpc) is 2.67. The number of thiophene rings is 1. The Morgan fingerprint density at radius 3 is 3.00 bits per heavy atom. The third-order valence-electron chi connectivity index (χ3n) is 2.38. The number of rotatable bonds is 7. The van der Waals surface area contributed by atoms with E-state index < -0.39 is 0 Å². The number of hydrogen-bond donors (Lipinski definition) is 1. The molecule has 1 aromatic rings. The third kappa shape index (κ3) is 4.77. The maximum atomic E-state index is 3.52. The van der Waals surface area contributed by atoms with E-state index in [1.54, 1.807) is 0 Å². The molecule has 0 saturated carbocycles. The predicted octanol–water partition coefficient (Wildman–Crippen LogP) is 3.46. The summed E-state index contributed by atoms with van der Waals surface area (Å²) in [6, 6.07) is 5.04. The first-order valence-corrected chi connectivity index (χ1v) is 6.46.